The number of fused-ring (bicyclic) bond motifs is 6. The van der Waals surface area contributed by atoms with Gasteiger partial charge in [-0.15, -0.1) is 47.0 Å². The van der Waals surface area contributed by atoms with E-state index in [-0.39, 0.29) is 14.1 Å². The number of esters is 1. The van der Waals surface area contributed by atoms with E-state index in [4.69, 9.17) is 4.74 Å². The molecule has 2 aliphatic heterocycles. The monoisotopic (exact) mass is 488 g/mol. The number of ether oxygens (including phenoxy) is 1. The Hall–Kier alpha value is -0.690. The van der Waals surface area contributed by atoms with Crippen molar-refractivity contribution >= 4 is 53.0 Å². The average Bonchev–Trinajstić information content (AvgIpc) is 2.80. The van der Waals surface area contributed by atoms with Crippen LogP contribution in [0.2, 0.25) is 0 Å². The maximum Gasteiger partial charge on any atom is 0.338 e. The summed E-state index contributed by atoms with van der Waals surface area (Å²) in [5.74, 6) is 4.57. The highest BCUT2D eigenvalue weighted by Gasteiger charge is 2.41. The van der Waals surface area contributed by atoms with Crippen LogP contribution in [-0.2, 0) is 25.7 Å². The van der Waals surface area contributed by atoms with Gasteiger partial charge in [-0.05, 0) is 77.2 Å². The Labute approximate surface area is 202 Å². The number of rotatable bonds is 2. The second-order valence-electron chi connectivity index (χ2n) is 8.30. The molecule has 31 heavy (non-hydrogen) atoms. The van der Waals surface area contributed by atoms with Gasteiger partial charge in [0.15, 0.2) is 0 Å². The molecule has 164 valence electrons. The molecule has 0 saturated carbocycles. The van der Waals surface area contributed by atoms with Crippen molar-refractivity contribution in [1.29, 1.82) is 0 Å². The lowest BCUT2D eigenvalue weighted by Gasteiger charge is -2.41. The van der Waals surface area contributed by atoms with E-state index in [1.54, 1.807) is 0 Å². The van der Waals surface area contributed by atoms with Crippen LogP contribution in [0.5, 0.6) is 0 Å². The zero-order chi connectivity index (χ0) is 21.3. The van der Waals surface area contributed by atoms with Crippen molar-refractivity contribution in [2.45, 2.75) is 40.8 Å². The number of thioether (sulfide) groups is 4. The van der Waals surface area contributed by atoms with Gasteiger partial charge in [-0.1, -0.05) is 30.3 Å². The zero-order valence-electron chi connectivity index (χ0n) is 17.9. The second kappa shape index (κ2) is 9.28. The maximum absolute atomic E-state index is 12.7. The molecule has 4 bridgehead atoms. The van der Waals surface area contributed by atoms with Crippen molar-refractivity contribution in [2.75, 3.05) is 29.6 Å². The highest BCUT2D eigenvalue weighted by molar-refractivity contribution is 8.18. The minimum Gasteiger partial charge on any atom is -0.462 e. The molecule has 0 radical (unpaired) electrons. The van der Waals surface area contributed by atoms with Crippen molar-refractivity contribution in [1.82, 2.24) is 0 Å². The molecule has 6 heteroatoms. The van der Waals surface area contributed by atoms with Gasteiger partial charge < -0.3 is 4.74 Å². The van der Waals surface area contributed by atoms with Crippen LogP contribution in [0, 0.1) is 0 Å². The van der Waals surface area contributed by atoms with Crippen LogP contribution in [-0.4, -0.2) is 35.6 Å². The molecule has 2 fully saturated rings. The SMILES string of the molecule is CCOC(=O)c1cc2cc(c1)CC1(SCCCS1)c1cccc(c1)C1(C2)SCCCS1. The van der Waals surface area contributed by atoms with Crippen molar-refractivity contribution in [3.8, 4) is 0 Å². The van der Waals surface area contributed by atoms with E-state index in [2.05, 4.69) is 89.5 Å². The largest absolute Gasteiger partial charge is 0.462 e. The van der Waals surface area contributed by atoms with E-state index in [9.17, 15) is 4.79 Å². The third kappa shape index (κ3) is 4.42. The lowest BCUT2D eigenvalue weighted by molar-refractivity contribution is 0.0526. The molecule has 0 unspecified atom stereocenters. The number of hydrogen-bond acceptors (Lipinski definition) is 6. The predicted octanol–water partition coefficient (Wildman–Crippen LogP) is 6.71. The van der Waals surface area contributed by atoms with Gasteiger partial charge in [-0.25, -0.2) is 4.79 Å². The minimum atomic E-state index is -0.197. The molecule has 2 saturated heterocycles. The molecule has 1 aliphatic carbocycles. The molecule has 0 N–H and O–H groups in total. The predicted molar refractivity (Wildman–Crippen MR) is 139 cm³/mol. The van der Waals surface area contributed by atoms with Crippen molar-refractivity contribution < 1.29 is 9.53 Å². The molecular formula is C25H28O2S4. The summed E-state index contributed by atoms with van der Waals surface area (Å²) in [5.41, 5.74) is 6.11. The van der Waals surface area contributed by atoms with E-state index in [1.807, 2.05) is 6.92 Å². The van der Waals surface area contributed by atoms with E-state index < -0.39 is 0 Å². The summed E-state index contributed by atoms with van der Waals surface area (Å²) in [6.07, 6.45) is 4.42. The molecule has 2 aromatic rings. The van der Waals surface area contributed by atoms with Crippen LogP contribution in [0.25, 0.3) is 0 Å². The van der Waals surface area contributed by atoms with Gasteiger partial charge >= 0.3 is 5.97 Å². The lowest BCUT2D eigenvalue weighted by atomic mass is 9.92. The molecule has 0 atom stereocenters. The van der Waals surface area contributed by atoms with Crippen LogP contribution >= 0.6 is 47.0 Å². The number of benzene rings is 2. The fourth-order valence-electron chi connectivity index (χ4n) is 4.72. The first kappa shape index (κ1) is 22.1. The fourth-order valence-corrected chi connectivity index (χ4v) is 11.5. The third-order valence-corrected chi connectivity index (χ3v) is 12.9. The molecule has 2 spiro atoms. The highest BCUT2D eigenvalue weighted by atomic mass is 32.2. The Bertz CT molecular complexity index is 900. The molecule has 5 rings (SSSR count). The van der Waals surface area contributed by atoms with Crippen LogP contribution in [0.3, 0.4) is 0 Å². The molecule has 3 aliphatic rings. The summed E-state index contributed by atoms with van der Waals surface area (Å²) in [6.45, 7) is 2.29. The van der Waals surface area contributed by atoms with Gasteiger partial charge in [-0.2, -0.15) is 0 Å². The Morgan fingerprint density at radius 1 is 0.839 bits per heavy atom. The first-order chi connectivity index (χ1) is 15.1. The van der Waals surface area contributed by atoms with Crippen LogP contribution < -0.4 is 0 Å². The molecule has 0 amide bonds. The first-order valence-corrected chi connectivity index (χ1v) is 15.0. The molecule has 2 heterocycles. The molecule has 2 aromatic carbocycles. The van der Waals surface area contributed by atoms with Crippen LogP contribution in [0.1, 0.15) is 52.4 Å². The molecule has 0 aromatic heterocycles. The van der Waals surface area contributed by atoms with Crippen molar-refractivity contribution in [3.05, 3.63) is 70.3 Å². The Morgan fingerprint density at radius 2 is 1.35 bits per heavy atom. The molecule has 2 nitrogen and oxygen atoms in total. The van der Waals surface area contributed by atoms with Crippen LogP contribution in [0.15, 0.2) is 42.5 Å². The van der Waals surface area contributed by atoms with E-state index in [1.165, 1.54) is 58.1 Å². The van der Waals surface area contributed by atoms with Gasteiger partial charge in [0, 0.05) is 12.8 Å². The summed E-state index contributed by atoms with van der Waals surface area (Å²) in [6, 6.07) is 16.0. The quantitative estimate of drug-likeness (QED) is 0.436. The lowest BCUT2D eigenvalue weighted by Crippen LogP contribution is -2.30. The van der Waals surface area contributed by atoms with Gasteiger partial charge in [0.1, 0.15) is 0 Å². The standard InChI is InChI=1S/C25H28O2S4/c1-2-27-23(26)20-13-18-12-19(14-20)17-25(30-10-5-11-31-25)22-7-3-6-21(15-22)24(16-18)28-8-4-9-29-24/h3,6-7,12-15H,2,4-5,8-11,16-17H2,1H3. The Balaban J connectivity index is 1.68. The number of carbonyl (C=O) groups is 1. The van der Waals surface area contributed by atoms with Crippen LogP contribution in [0.4, 0.5) is 0 Å². The summed E-state index contributed by atoms with van der Waals surface area (Å²) in [5, 5.41) is 0. The summed E-state index contributed by atoms with van der Waals surface area (Å²) >= 11 is 8.36. The summed E-state index contributed by atoms with van der Waals surface area (Å²) in [4.78, 5) is 12.7. The second-order valence-corrected chi connectivity index (χ2v) is 14.4. The van der Waals surface area contributed by atoms with Gasteiger partial charge in [0.05, 0.1) is 20.3 Å². The topological polar surface area (TPSA) is 26.3 Å². The number of carbonyl (C=O) groups excluding carboxylic acids is 1. The smallest absolute Gasteiger partial charge is 0.338 e. The summed E-state index contributed by atoms with van der Waals surface area (Å²) in [7, 11) is 0. The first-order valence-electron chi connectivity index (χ1n) is 11.1. The fraction of sp³-hybridized carbons (Fsp3) is 0.480. The number of hydrogen-bond donors (Lipinski definition) is 0. The molecular weight excluding hydrogens is 461 g/mol. The van der Waals surface area contributed by atoms with E-state index in [0.29, 0.717) is 12.2 Å². The maximum atomic E-state index is 12.7. The van der Waals surface area contributed by atoms with Crippen molar-refractivity contribution in [2.24, 2.45) is 0 Å². The zero-order valence-corrected chi connectivity index (χ0v) is 21.1. The Kier molecular flexibility index (Phi) is 6.62. The van der Waals surface area contributed by atoms with E-state index >= 15 is 0 Å². The average molecular weight is 489 g/mol. The third-order valence-electron chi connectivity index (χ3n) is 6.10. The normalized spacial score (nSPS) is 21.6. The van der Waals surface area contributed by atoms with Gasteiger partial charge in [0.25, 0.3) is 0 Å². The summed E-state index contributed by atoms with van der Waals surface area (Å²) < 4.78 is 5.42. The minimum absolute atomic E-state index is 0.0152. The van der Waals surface area contributed by atoms with Gasteiger partial charge in [-0.3, -0.25) is 0 Å². The van der Waals surface area contributed by atoms with E-state index in [0.717, 1.165) is 12.8 Å². The highest BCUT2D eigenvalue weighted by Crippen LogP contribution is 2.57. The van der Waals surface area contributed by atoms with Crippen molar-refractivity contribution in [3.63, 3.8) is 0 Å². The van der Waals surface area contributed by atoms with Gasteiger partial charge in [0.2, 0.25) is 0 Å². The Morgan fingerprint density at radius 3 is 1.84 bits per heavy atom.